The molecular weight excluding hydrogens is 324 g/mol. The molecular formula is C18H20N2O3S. The van der Waals surface area contributed by atoms with Gasteiger partial charge in [-0.25, -0.2) is 4.98 Å². The van der Waals surface area contributed by atoms with Crippen LogP contribution in [-0.4, -0.2) is 46.8 Å². The molecule has 2 aromatic rings. The molecule has 0 aliphatic carbocycles. The highest BCUT2D eigenvalue weighted by molar-refractivity contribution is 7.99. The van der Waals surface area contributed by atoms with Crippen LogP contribution in [0.3, 0.4) is 0 Å². The van der Waals surface area contributed by atoms with E-state index >= 15 is 0 Å². The molecule has 1 aliphatic heterocycles. The Kier molecular flexibility index (Phi) is 5.72. The Labute approximate surface area is 145 Å². The van der Waals surface area contributed by atoms with Crippen LogP contribution >= 0.6 is 11.8 Å². The van der Waals surface area contributed by atoms with Crippen molar-refractivity contribution >= 4 is 23.4 Å². The van der Waals surface area contributed by atoms with E-state index in [1.54, 1.807) is 23.2 Å². The fourth-order valence-electron chi connectivity index (χ4n) is 2.61. The van der Waals surface area contributed by atoms with Gasteiger partial charge >= 0.3 is 0 Å². The van der Waals surface area contributed by atoms with Crippen molar-refractivity contribution in [3.63, 3.8) is 0 Å². The number of nitrogens with zero attached hydrogens (tertiary/aromatic N) is 2. The number of rotatable bonds is 6. The van der Waals surface area contributed by atoms with E-state index in [1.165, 1.54) is 0 Å². The molecule has 2 heterocycles. The summed E-state index contributed by atoms with van der Waals surface area (Å²) in [6, 6.07) is 12.8. The zero-order chi connectivity index (χ0) is 16.8. The normalized spacial score (nSPS) is 16.8. The molecule has 1 aromatic heterocycles. The van der Waals surface area contributed by atoms with Crippen LogP contribution in [0.4, 0.5) is 5.69 Å². The molecule has 1 N–H and O–H groups in total. The van der Waals surface area contributed by atoms with Crippen molar-refractivity contribution in [3.8, 4) is 5.88 Å². The summed E-state index contributed by atoms with van der Waals surface area (Å²) in [4.78, 5) is 18.8. The van der Waals surface area contributed by atoms with Gasteiger partial charge in [0.15, 0.2) is 0 Å². The van der Waals surface area contributed by atoms with Crippen LogP contribution in [0.5, 0.6) is 5.88 Å². The number of pyridine rings is 1. The van der Waals surface area contributed by atoms with E-state index in [0.29, 0.717) is 11.4 Å². The highest BCUT2D eigenvalue weighted by atomic mass is 32.2. The van der Waals surface area contributed by atoms with Gasteiger partial charge in [-0.05, 0) is 36.4 Å². The molecule has 1 atom stereocenters. The zero-order valence-corrected chi connectivity index (χ0v) is 14.1. The average molecular weight is 344 g/mol. The second-order valence-corrected chi connectivity index (χ2v) is 6.63. The number of ether oxygens (including phenoxy) is 1. The van der Waals surface area contributed by atoms with Crippen molar-refractivity contribution in [2.75, 3.05) is 29.6 Å². The van der Waals surface area contributed by atoms with Crippen LogP contribution < -0.4 is 9.64 Å². The predicted octanol–water partition coefficient (Wildman–Crippen LogP) is 2.61. The van der Waals surface area contributed by atoms with Crippen molar-refractivity contribution in [1.82, 2.24) is 4.98 Å². The number of thioether (sulfide) groups is 1. The topological polar surface area (TPSA) is 62.7 Å². The molecule has 5 nitrogen and oxygen atoms in total. The number of aromatic nitrogens is 1. The van der Waals surface area contributed by atoms with Gasteiger partial charge in [-0.2, -0.15) is 11.8 Å². The van der Waals surface area contributed by atoms with Crippen LogP contribution in [0.1, 0.15) is 16.8 Å². The summed E-state index contributed by atoms with van der Waals surface area (Å²) < 4.78 is 5.95. The first-order chi connectivity index (χ1) is 11.8. The van der Waals surface area contributed by atoms with Gasteiger partial charge < -0.3 is 14.7 Å². The van der Waals surface area contributed by atoms with E-state index in [-0.39, 0.29) is 25.2 Å². The molecule has 6 heteroatoms. The number of carbonyl (C=O) groups is 1. The Balaban J connectivity index is 1.87. The number of aliphatic hydroxyl groups is 1. The molecule has 0 radical (unpaired) electrons. The third-order valence-electron chi connectivity index (χ3n) is 3.80. The van der Waals surface area contributed by atoms with Gasteiger partial charge in [-0.3, -0.25) is 4.79 Å². The van der Waals surface area contributed by atoms with Crippen molar-refractivity contribution in [1.29, 1.82) is 0 Å². The lowest BCUT2D eigenvalue weighted by Crippen LogP contribution is -2.34. The van der Waals surface area contributed by atoms with Gasteiger partial charge in [0.2, 0.25) is 5.88 Å². The van der Waals surface area contributed by atoms with Crippen LogP contribution in [0.2, 0.25) is 0 Å². The minimum atomic E-state index is -0.219. The monoisotopic (exact) mass is 344 g/mol. The number of para-hydroxylation sites is 1. The zero-order valence-electron chi connectivity index (χ0n) is 13.3. The molecule has 1 fully saturated rings. The maximum absolute atomic E-state index is 13.0. The Bertz CT molecular complexity index is 675. The third kappa shape index (κ3) is 3.88. The lowest BCUT2D eigenvalue weighted by atomic mass is 10.2. The summed E-state index contributed by atoms with van der Waals surface area (Å²) in [5, 5.41) is 9.35. The van der Waals surface area contributed by atoms with Crippen LogP contribution in [-0.2, 0) is 0 Å². The third-order valence-corrected chi connectivity index (χ3v) is 4.94. The van der Waals surface area contributed by atoms with E-state index in [9.17, 15) is 9.90 Å². The summed E-state index contributed by atoms with van der Waals surface area (Å²) in [7, 11) is 0. The van der Waals surface area contributed by atoms with Crippen molar-refractivity contribution in [2.45, 2.75) is 12.5 Å². The van der Waals surface area contributed by atoms with E-state index in [4.69, 9.17) is 4.74 Å². The summed E-state index contributed by atoms with van der Waals surface area (Å²) in [5.74, 6) is 2.14. The first kappa shape index (κ1) is 16.8. The fraction of sp³-hybridized carbons (Fsp3) is 0.333. The summed E-state index contributed by atoms with van der Waals surface area (Å²) in [6.45, 7) is 0.104. The summed E-state index contributed by atoms with van der Waals surface area (Å²) in [6.07, 6.45) is 2.69. The van der Waals surface area contributed by atoms with Crippen LogP contribution in [0.25, 0.3) is 0 Å². The second kappa shape index (κ2) is 8.17. The van der Waals surface area contributed by atoms with Crippen molar-refractivity contribution in [3.05, 3.63) is 54.2 Å². The highest BCUT2D eigenvalue weighted by Gasteiger charge is 2.24. The lowest BCUT2D eigenvalue weighted by molar-refractivity contribution is 0.0973. The maximum atomic E-state index is 13.0. The first-order valence-electron chi connectivity index (χ1n) is 7.97. The molecule has 0 spiro atoms. The molecule has 1 saturated heterocycles. The van der Waals surface area contributed by atoms with Gasteiger partial charge in [0, 0.05) is 24.2 Å². The number of hydrogen-bond acceptors (Lipinski definition) is 5. The van der Waals surface area contributed by atoms with E-state index in [1.807, 2.05) is 42.1 Å². The summed E-state index contributed by atoms with van der Waals surface area (Å²) in [5.41, 5.74) is 1.16. The second-order valence-electron chi connectivity index (χ2n) is 5.48. The Hall–Kier alpha value is -2.05. The molecule has 0 bridgehead atoms. The Morgan fingerprint density at radius 3 is 2.83 bits per heavy atom. The molecule has 1 amide bonds. The number of anilines is 1. The number of aliphatic hydroxyl groups excluding tert-OH is 1. The predicted molar refractivity (Wildman–Crippen MR) is 95.8 cm³/mol. The van der Waals surface area contributed by atoms with Gasteiger partial charge in [-0.15, -0.1) is 0 Å². The molecule has 1 aliphatic rings. The van der Waals surface area contributed by atoms with E-state index in [0.717, 1.165) is 23.6 Å². The van der Waals surface area contributed by atoms with Gasteiger partial charge in [0.05, 0.1) is 6.61 Å². The lowest BCUT2D eigenvalue weighted by Gasteiger charge is -2.23. The minimum absolute atomic E-state index is 0.0967. The average Bonchev–Trinajstić information content (AvgIpc) is 3.13. The number of carbonyl (C=O) groups excluding carboxylic acids is 1. The number of amides is 1. The maximum Gasteiger partial charge on any atom is 0.263 e. The Morgan fingerprint density at radius 2 is 2.12 bits per heavy atom. The van der Waals surface area contributed by atoms with Crippen LogP contribution in [0.15, 0.2) is 48.7 Å². The van der Waals surface area contributed by atoms with Gasteiger partial charge in [-0.1, -0.05) is 18.2 Å². The molecule has 0 saturated carbocycles. The van der Waals surface area contributed by atoms with E-state index in [2.05, 4.69) is 4.98 Å². The fourth-order valence-corrected chi connectivity index (χ4v) is 3.71. The number of hydrogen-bond donors (Lipinski definition) is 1. The SMILES string of the molecule is O=C(c1cccnc1OC1CCSC1)N(CCO)c1ccccc1. The molecule has 1 aromatic carbocycles. The first-order valence-corrected chi connectivity index (χ1v) is 9.12. The highest BCUT2D eigenvalue weighted by Crippen LogP contribution is 2.26. The van der Waals surface area contributed by atoms with Crippen LogP contribution in [0, 0.1) is 0 Å². The standard InChI is InChI=1S/C18H20N2O3S/c21-11-10-20(14-5-2-1-3-6-14)18(22)16-7-4-9-19-17(16)23-15-8-12-24-13-15/h1-7,9,15,21H,8,10-13H2. The van der Waals surface area contributed by atoms with E-state index < -0.39 is 0 Å². The smallest absolute Gasteiger partial charge is 0.263 e. The van der Waals surface area contributed by atoms with Crippen molar-refractivity contribution < 1.29 is 14.6 Å². The molecule has 126 valence electrons. The number of benzene rings is 1. The van der Waals surface area contributed by atoms with Crippen molar-refractivity contribution in [2.24, 2.45) is 0 Å². The summed E-state index contributed by atoms with van der Waals surface area (Å²) >= 11 is 1.85. The molecule has 1 unspecified atom stereocenters. The Morgan fingerprint density at radius 1 is 1.29 bits per heavy atom. The quantitative estimate of drug-likeness (QED) is 0.873. The molecule has 24 heavy (non-hydrogen) atoms. The largest absolute Gasteiger partial charge is 0.473 e. The minimum Gasteiger partial charge on any atom is -0.473 e. The van der Waals surface area contributed by atoms with Gasteiger partial charge in [0.25, 0.3) is 5.91 Å². The molecule has 3 rings (SSSR count). The van der Waals surface area contributed by atoms with Gasteiger partial charge in [0.1, 0.15) is 11.7 Å².